The molecule has 0 spiro atoms. The van der Waals surface area contributed by atoms with Crippen LogP contribution in [0, 0.1) is 0 Å². The van der Waals surface area contributed by atoms with Crippen LogP contribution in [0.1, 0.15) is 16.1 Å². The van der Waals surface area contributed by atoms with Crippen LogP contribution in [0.3, 0.4) is 0 Å². The lowest BCUT2D eigenvalue weighted by molar-refractivity contribution is 0.0691. The predicted octanol–water partition coefficient (Wildman–Crippen LogP) is 2.09. The van der Waals surface area contributed by atoms with Crippen LogP contribution in [0.25, 0.3) is 11.1 Å². The van der Waals surface area contributed by atoms with Gasteiger partial charge in [-0.15, -0.1) is 0 Å². The van der Waals surface area contributed by atoms with Crippen LogP contribution in [0.5, 0.6) is 0 Å². The smallest absolute Gasteiger partial charge is 0.355 e. The van der Waals surface area contributed by atoms with Crippen molar-refractivity contribution in [1.29, 1.82) is 0 Å². The van der Waals surface area contributed by atoms with Crippen molar-refractivity contribution in [3.63, 3.8) is 0 Å². The van der Waals surface area contributed by atoms with Crippen molar-refractivity contribution < 1.29 is 9.90 Å². The third-order valence-electron chi connectivity index (χ3n) is 3.02. The summed E-state index contributed by atoms with van der Waals surface area (Å²) in [6, 6.07) is 7.26. The summed E-state index contributed by atoms with van der Waals surface area (Å²) in [6.45, 7) is 0.580. The molecule has 0 atom stereocenters. The van der Waals surface area contributed by atoms with Crippen molar-refractivity contribution in [2.24, 2.45) is 0 Å². The lowest BCUT2D eigenvalue weighted by atomic mass is 10.1. The first-order valence-corrected chi connectivity index (χ1v) is 6.34. The van der Waals surface area contributed by atoms with E-state index in [9.17, 15) is 9.90 Å². The second kappa shape index (κ2) is 5.54. The molecule has 0 aliphatic carbocycles. The molecule has 3 aromatic rings. The fourth-order valence-electron chi connectivity index (χ4n) is 2.08. The number of nitrogens with zero attached hydrogens (tertiary/aromatic N) is 4. The summed E-state index contributed by atoms with van der Waals surface area (Å²) in [7, 11) is 0. The van der Waals surface area contributed by atoms with Gasteiger partial charge in [0.25, 0.3) is 0 Å². The molecule has 0 radical (unpaired) electrons. The van der Waals surface area contributed by atoms with Crippen molar-refractivity contribution in [2.45, 2.75) is 6.54 Å². The molecule has 3 aromatic heterocycles. The van der Waals surface area contributed by atoms with Gasteiger partial charge in [-0.2, -0.15) is 5.10 Å². The van der Waals surface area contributed by atoms with Crippen molar-refractivity contribution >= 4 is 5.97 Å². The minimum atomic E-state index is -1.05. The zero-order valence-corrected chi connectivity index (χ0v) is 11.0. The van der Waals surface area contributed by atoms with Crippen molar-refractivity contribution in [3.05, 3.63) is 66.5 Å². The standard InChI is InChI=1S/C15H12N4O2/c20-15(21)14-13(4-2-6-17-14)12-8-18-19(10-12)9-11-3-1-5-16-7-11/h1-8,10H,9H2,(H,20,21). The summed E-state index contributed by atoms with van der Waals surface area (Å²) in [4.78, 5) is 19.2. The number of hydrogen-bond acceptors (Lipinski definition) is 4. The predicted molar refractivity (Wildman–Crippen MR) is 75.8 cm³/mol. The second-order valence-corrected chi connectivity index (χ2v) is 4.49. The Morgan fingerprint density at radius 2 is 2.05 bits per heavy atom. The minimum Gasteiger partial charge on any atom is -0.476 e. The van der Waals surface area contributed by atoms with Gasteiger partial charge in [0.15, 0.2) is 5.69 Å². The van der Waals surface area contributed by atoms with Gasteiger partial charge in [0, 0.05) is 35.9 Å². The Morgan fingerprint density at radius 3 is 2.81 bits per heavy atom. The molecule has 3 heterocycles. The highest BCUT2D eigenvalue weighted by Crippen LogP contribution is 2.21. The van der Waals surface area contributed by atoms with Crippen molar-refractivity contribution in [1.82, 2.24) is 19.7 Å². The summed E-state index contributed by atoms with van der Waals surface area (Å²) >= 11 is 0. The zero-order valence-electron chi connectivity index (χ0n) is 11.0. The van der Waals surface area contributed by atoms with Gasteiger partial charge in [-0.25, -0.2) is 9.78 Å². The van der Waals surface area contributed by atoms with E-state index in [1.54, 1.807) is 41.6 Å². The topological polar surface area (TPSA) is 80.9 Å². The van der Waals surface area contributed by atoms with E-state index < -0.39 is 5.97 Å². The third kappa shape index (κ3) is 2.79. The second-order valence-electron chi connectivity index (χ2n) is 4.49. The number of carboxylic acid groups (broad SMARTS) is 1. The molecule has 6 heteroatoms. The summed E-state index contributed by atoms with van der Waals surface area (Å²) in [6.07, 6.45) is 8.39. The van der Waals surface area contributed by atoms with E-state index in [1.807, 2.05) is 12.1 Å². The van der Waals surface area contributed by atoms with Gasteiger partial charge in [0.05, 0.1) is 12.7 Å². The molecule has 0 aliphatic rings. The Labute approximate surface area is 120 Å². The molecule has 0 aliphatic heterocycles. The first-order valence-electron chi connectivity index (χ1n) is 6.34. The zero-order chi connectivity index (χ0) is 14.7. The molecule has 104 valence electrons. The summed E-state index contributed by atoms with van der Waals surface area (Å²) in [5.74, 6) is -1.05. The number of aromatic carboxylic acids is 1. The Hall–Kier alpha value is -3.02. The number of rotatable bonds is 4. The van der Waals surface area contributed by atoms with Gasteiger partial charge in [0.1, 0.15) is 0 Å². The molecular formula is C15H12N4O2. The Balaban J connectivity index is 1.90. The first-order chi connectivity index (χ1) is 10.2. The summed E-state index contributed by atoms with van der Waals surface area (Å²) in [5, 5.41) is 13.4. The SMILES string of the molecule is O=C(O)c1ncccc1-c1cnn(Cc2cccnc2)c1. The fraction of sp³-hybridized carbons (Fsp3) is 0.0667. The summed E-state index contributed by atoms with van der Waals surface area (Å²) < 4.78 is 1.74. The molecule has 0 saturated heterocycles. The van der Waals surface area contributed by atoms with Crippen molar-refractivity contribution in [2.75, 3.05) is 0 Å². The van der Waals surface area contributed by atoms with E-state index in [-0.39, 0.29) is 5.69 Å². The average molecular weight is 280 g/mol. The monoisotopic (exact) mass is 280 g/mol. The molecule has 0 bridgehead atoms. The van der Waals surface area contributed by atoms with Gasteiger partial charge in [-0.3, -0.25) is 9.67 Å². The Kier molecular flexibility index (Phi) is 3.42. The fourth-order valence-corrected chi connectivity index (χ4v) is 2.08. The molecule has 0 saturated carbocycles. The van der Waals surface area contributed by atoms with Gasteiger partial charge < -0.3 is 5.11 Å². The molecular weight excluding hydrogens is 268 g/mol. The van der Waals surface area contributed by atoms with E-state index >= 15 is 0 Å². The van der Waals surface area contributed by atoms with Crippen LogP contribution in [-0.2, 0) is 6.54 Å². The van der Waals surface area contributed by atoms with Gasteiger partial charge in [0.2, 0.25) is 0 Å². The summed E-state index contributed by atoms with van der Waals surface area (Å²) in [5.41, 5.74) is 2.34. The van der Waals surface area contributed by atoms with E-state index in [1.165, 1.54) is 6.20 Å². The van der Waals surface area contributed by atoms with Crippen LogP contribution >= 0.6 is 0 Å². The van der Waals surface area contributed by atoms with Crippen LogP contribution in [-0.4, -0.2) is 30.8 Å². The molecule has 3 rings (SSSR count). The third-order valence-corrected chi connectivity index (χ3v) is 3.02. The number of carboxylic acids is 1. The highest BCUT2D eigenvalue weighted by molar-refractivity contribution is 5.93. The van der Waals surface area contributed by atoms with Gasteiger partial charge >= 0.3 is 5.97 Å². The molecule has 0 aromatic carbocycles. The average Bonchev–Trinajstić information content (AvgIpc) is 2.96. The van der Waals surface area contributed by atoms with E-state index in [0.29, 0.717) is 12.1 Å². The van der Waals surface area contributed by atoms with Crippen LogP contribution in [0.2, 0.25) is 0 Å². The lowest BCUT2D eigenvalue weighted by Gasteiger charge is -2.02. The maximum absolute atomic E-state index is 11.2. The lowest BCUT2D eigenvalue weighted by Crippen LogP contribution is -2.02. The maximum Gasteiger partial charge on any atom is 0.355 e. The highest BCUT2D eigenvalue weighted by atomic mass is 16.4. The van der Waals surface area contributed by atoms with Gasteiger partial charge in [-0.05, 0) is 17.7 Å². The molecule has 0 unspecified atom stereocenters. The molecule has 0 fully saturated rings. The number of pyridine rings is 2. The molecule has 21 heavy (non-hydrogen) atoms. The number of hydrogen-bond donors (Lipinski definition) is 1. The van der Waals surface area contributed by atoms with Crippen LogP contribution < -0.4 is 0 Å². The Bertz CT molecular complexity index is 768. The molecule has 0 amide bonds. The Morgan fingerprint density at radius 1 is 1.19 bits per heavy atom. The number of carbonyl (C=O) groups is 1. The minimum absolute atomic E-state index is 0.0263. The van der Waals surface area contributed by atoms with Crippen LogP contribution in [0.15, 0.2) is 55.2 Å². The normalized spacial score (nSPS) is 10.5. The van der Waals surface area contributed by atoms with Gasteiger partial charge in [-0.1, -0.05) is 12.1 Å². The molecule has 6 nitrogen and oxygen atoms in total. The van der Waals surface area contributed by atoms with E-state index in [4.69, 9.17) is 0 Å². The number of aromatic nitrogens is 4. The van der Waals surface area contributed by atoms with Crippen molar-refractivity contribution in [3.8, 4) is 11.1 Å². The van der Waals surface area contributed by atoms with Crippen LogP contribution in [0.4, 0.5) is 0 Å². The quantitative estimate of drug-likeness (QED) is 0.791. The largest absolute Gasteiger partial charge is 0.476 e. The van der Waals surface area contributed by atoms with E-state index in [0.717, 1.165) is 11.1 Å². The first kappa shape index (κ1) is 13.0. The molecule has 1 N–H and O–H groups in total. The highest BCUT2D eigenvalue weighted by Gasteiger charge is 2.14. The maximum atomic E-state index is 11.2. The van der Waals surface area contributed by atoms with E-state index in [2.05, 4.69) is 15.1 Å².